The molecule has 0 aromatic heterocycles. The summed E-state index contributed by atoms with van der Waals surface area (Å²) >= 11 is 0. The second-order valence-electron chi connectivity index (χ2n) is 4.73. The van der Waals surface area contributed by atoms with Gasteiger partial charge in [-0.1, -0.05) is 18.2 Å². The third kappa shape index (κ3) is 3.42. The molecule has 0 spiro atoms. The van der Waals surface area contributed by atoms with Crippen molar-refractivity contribution in [1.29, 1.82) is 0 Å². The van der Waals surface area contributed by atoms with Gasteiger partial charge in [-0.05, 0) is 12.0 Å². The first-order valence-electron chi connectivity index (χ1n) is 6.39. The molecule has 108 valence electrons. The van der Waals surface area contributed by atoms with Crippen LogP contribution < -0.4 is 0 Å². The van der Waals surface area contributed by atoms with Crippen molar-refractivity contribution < 1.29 is 29.9 Å². The van der Waals surface area contributed by atoms with Crippen LogP contribution in [0.1, 0.15) is 6.42 Å². The lowest BCUT2D eigenvalue weighted by Crippen LogP contribution is -2.40. The number of aliphatic hydroxyl groups is 4. The zero-order chi connectivity index (χ0) is 13.8. The quantitative estimate of drug-likeness (QED) is 0.478. The maximum absolute atomic E-state index is 10.0. The molecule has 6 nitrogen and oxygen atoms in total. The fourth-order valence-corrected chi connectivity index (χ4v) is 2.27. The van der Waals surface area contributed by atoms with Gasteiger partial charge >= 0.3 is 0 Å². The summed E-state index contributed by atoms with van der Waals surface area (Å²) in [6.07, 6.45) is 2.24. The van der Waals surface area contributed by atoms with Gasteiger partial charge in [-0.3, -0.25) is 0 Å². The second-order valence-corrected chi connectivity index (χ2v) is 4.73. The molecule has 19 heavy (non-hydrogen) atoms. The van der Waals surface area contributed by atoms with Crippen molar-refractivity contribution in [3.63, 3.8) is 0 Å². The minimum Gasteiger partial charge on any atom is -0.394 e. The first-order valence-corrected chi connectivity index (χ1v) is 6.39. The van der Waals surface area contributed by atoms with E-state index in [0.29, 0.717) is 13.0 Å². The van der Waals surface area contributed by atoms with E-state index in [-0.39, 0.29) is 13.2 Å². The summed E-state index contributed by atoms with van der Waals surface area (Å²) in [6, 6.07) is 0. The molecule has 0 saturated carbocycles. The summed E-state index contributed by atoms with van der Waals surface area (Å²) < 4.78 is 10.7. The summed E-state index contributed by atoms with van der Waals surface area (Å²) in [5.41, 5.74) is 0.744. The predicted molar refractivity (Wildman–Crippen MR) is 66.4 cm³/mol. The smallest absolute Gasteiger partial charge is 0.111 e. The van der Waals surface area contributed by atoms with E-state index in [1.165, 1.54) is 0 Å². The average Bonchev–Trinajstić information content (AvgIpc) is 2.43. The van der Waals surface area contributed by atoms with Gasteiger partial charge in [0.2, 0.25) is 0 Å². The first-order chi connectivity index (χ1) is 9.15. The lowest BCUT2D eigenvalue weighted by molar-refractivity contribution is -0.0757. The largest absolute Gasteiger partial charge is 0.394 e. The number of hydrogen-bond donors (Lipinski definition) is 4. The van der Waals surface area contributed by atoms with Gasteiger partial charge in [-0.25, -0.2) is 0 Å². The fourth-order valence-electron chi connectivity index (χ4n) is 2.27. The van der Waals surface area contributed by atoms with Gasteiger partial charge in [0.1, 0.15) is 24.4 Å². The Morgan fingerprint density at radius 3 is 2.58 bits per heavy atom. The molecule has 5 unspecified atom stereocenters. The monoisotopic (exact) mass is 272 g/mol. The maximum atomic E-state index is 10.0. The van der Waals surface area contributed by atoms with Crippen molar-refractivity contribution in [2.24, 2.45) is 0 Å². The van der Waals surface area contributed by atoms with Crippen LogP contribution in [0, 0.1) is 0 Å². The second kappa shape index (κ2) is 6.60. The van der Waals surface area contributed by atoms with Gasteiger partial charge in [0.25, 0.3) is 0 Å². The van der Waals surface area contributed by atoms with Crippen LogP contribution in [0.25, 0.3) is 0 Å². The average molecular weight is 272 g/mol. The zero-order valence-corrected chi connectivity index (χ0v) is 10.6. The first kappa shape index (κ1) is 14.6. The van der Waals surface area contributed by atoms with E-state index in [4.69, 9.17) is 19.7 Å². The highest BCUT2D eigenvalue weighted by Gasteiger charge is 2.29. The normalized spacial score (nSPS) is 41.7. The number of hydrogen-bond acceptors (Lipinski definition) is 6. The van der Waals surface area contributed by atoms with E-state index in [9.17, 15) is 10.2 Å². The van der Waals surface area contributed by atoms with Crippen molar-refractivity contribution in [3.8, 4) is 0 Å². The lowest BCUT2D eigenvalue weighted by atomic mass is 9.96. The van der Waals surface area contributed by atoms with Gasteiger partial charge in [0.05, 0.1) is 25.9 Å². The molecular formula is C13H20O6. The van der Waals surface area contributed by atoms with Gasteiger partial charge in [0.15, 0.2) is 0 Å². The highest BCUT2D eigenvalue weighted by atomic mass is 16.5. The van der Waals surface area contributed by atoms with Crippen molar-refractivity contribution in [2.75, 3.05) is 19.8 Å². The molecule has 0 aromatic rings. The Morgan fingerprint density at radius 1 is 1.16 bits per heavy atom. The topological polar surface area (TPSA) is 99.4 Å². The molecule has 0 amide bonds. The van der Waals surface area contributed by atoms with Crippen molar-refractivity contribution >= 4 is 0 Å². The molecule has 6 heteroatoms. The van der Waals surface area contributed by atoms with Crippen LogP contribution in [0.5, 0.6) is 0 Å². The molecule has 2 rings (SSSR count). The summed E-state index contributed by atoms with van der Waals surface area (Å²) in [6.45, 7) is -0.0649. The maximum Gasteiger partial charge on any atom is 0.111 e. The molecule has 0 aliphatic carbocycles. The third-order valence-corrected chi connectivity index (χ3v) is 3.40. The van der Waals surface area contributed by atoms with Gasteiger partial charge in [-0.15, -0.1) is 0 Å². The van der Waals surface area contributed by atoms with Crippen LogP contribution in [0.15, 0.2) is 23.8 Å². The van der Waals surface area contributed by atoms with Crippen molar-refractivity contribution in [3.05, 3.63) is 23.8 Å². The summed E-state index contributed by atoms with van der Waals surface area (Å²) in [7, 11) is 0. The molecule has 2 aliphatic rings. The van der Waals surface area contributed by atoms with Crippen LogP contribution in [0.4, 0.5) is 0 Å². The van der Waals surface area contributed by atoms with Crippen LogP contribution >= 0.6 is 0 Å². The molecule has 0 radical (unpaired) electrons. The molecule has 5 atom stereocenters. The molecule has 2 aliphatic heterocycles. The molecule has 0 aromatic carbocycles. The number of ether oxygens (including phenoxy) is 2. The fraction of sp³-hybridized carbons (Fsp3) is 0.692. The minimum atomic E-state index is -0.852. The third-order valence-electron chi connectivity index (χ3n) is 3.40. The summed E-state index contributed by atoms with van der Waals surface area (Å²) in [5, 5.41) is 37.7. The van der Waals surface area contributed by atoms with E-state index < -0.39 is 30.5 Å². The van der Waals surface area contributed by atoms with Crippen molar-refractivity contribution in [1.82, 2.24) is 0 Å². The zero-order valence-electron chi connectivity index (χ0n) is 10.6. The molecule has 0 bridgehead atoms. The predicted octanol–water partition coefficient (Wildman–Crippen LogP) is -1.27. The van der Waals surface area contributed by atoms with E-state index in [1.54, 1.807) is 18.2 Å². The van der Waals surface area contributed by atoms with E-state index in [0.717, 1.165) is 5.57 Å². The van der Waals surface area contributed by atoms with Crippen molar-refractivity contribution in [2.45, 2.75) is 36.9 Å². The highest BCUT2D eigenvalue weighted by Crippen LogP contribution is 2.23. The lowest BCUT2D eigenvalue weighted by Gasteiger charge is -2.31. The minimum absolute atomic E-state index is 0.238. The molecule has 2 heterocycles. The Balaban J connectivity index is 2.06. The summed E-state index contributed by atoms with van der Waals surface area (Å²) in [4.78, 5) is 0. The Kier molecular flexibility index (Phi) is 5.09. The van der Waals surface area contributed by atoms with Crippen LogP contribution in [0.3, 0.4) is 0 Å². The van der Waals surface area contributed by atoms with Gasteiger partial charge in [0, 0.05) is 0 Å². The van der Waals surface area contributed by atoms with E-state index in [2.05, 4.69) is 0 Å². The molecular weight excluding hydrogens is 252 g/mol. The van der Waals surface area contributed by atoms with E-state index >= 15 is 0 Å². The Morgan fingerprint density at radius 2 is 1.89 bits per heavy atom. The van der Waals surface area contributed by atoms with Crippen LogP contribution in [-0.4, -0.2) is 70.8 Å². The summed E-state index contributed by atoms with van der Waals surface area (Å²) in [5.74, 6) is 0. The van der Waals surface area contributed by atoms with Gasteiger partial charge < -0.3 is 29.9 Å². The highest BCUT2D eigenvalue weighted by molar-refractivity contribution is 5.20. The molecule has 1 fully saturated rings. The Hall–Kier alpha value is -0.760. The molecule has 4 N–H and O–H groups in total. The number of rotatable bonds is 3. The van der Waals surface area contributed by atoms with Crippen LogP contribution in [0.2, 0.25) is 0 Å². The Labute approximate surface area is 111 Å². The standard InChI is InChI=1S/C13H20O6/c14-6-11-10(16)2-1-9(19-11)5-8-3-4-18-12(7-15)13(8)17/h1-2,5,9-17H,3-4,6-7H2/b8-5+. The van der Waals surface area contributed by atoms with Crippen LogP contribution in [-0.2, 0) is 9.47 Å². The Bertz CT molecular complexity index is 353. The van der Waals surface area contributed by atoms with E-state index in [1.807, 2.05) is 0 Å². The molecule has 1 saturated heterocycles. The van der Waals surface area contributed by atoms with Gasteiger partial charge in [-0.2, -0.15) is 0 Å². The number of aliphatic hydroxyl groups excluding tert-OH is 4. The SMILES string of the molecule is OCC1OC(/C=C2\CCOC(CO)C2O)C=CC1O.